The summed E-state index contributed by atoms with van der Waals surface area (Å²) in [6.07, 6.45) is 2.04. The van der Waals surface area contributed by atoms with Crippen LogP contribution in [0.2, 0.25) is 0 Å². The van der Waals surface area contributed by atoms with Crippen molar-refractivity contribution in [1.29, 1.82) is 0 Å². The van der Waals surface area contributed by atoms with Crippen LogP contribution in [-0.2, 0) is 9.59 Å². The Balaban J connectivity index is 3.43. The molecule has 5 N–H and O–H groups in total. The molecule has 0 aliphatic rings. The van der Waals surface area contributed by atoms with Gasteiger partial charge in [-0.15, -0.1) is 0 Å². The molecule has 104 valence electrons. The normalized spacial score (nSPS) is 11.6. The maximum atomic E-state index is 11.2. The maximum absolute atomic E-state index is 11.2. The summed E-state index contributed by atoms with van der Waals surface area (Å²) in [4.78, 5) is 32.2. The monoisotopic (exact) mass is 259 g/mol. The van der Waals surface area contributed by atoms with Gasteiger partial charge in [0, 0.05) is 19.5 Å². The van der Waals surface area contributed by atoms with Gasteiger partial charge in [-0.2, -0.15) is 0 Å². The van der Waals surface area contributed by atoms with E-state index in [-0.39, 0.29) is 11.9 Å². The Morgan fingerprint density at radius 1 is 1.17 bits per heavy atom. The maximum Gasteiger partial charge on any atom is 0.314 e. The second kappa shape index (κ2) is 9.26. The molecule has 0 heterocycles. The van der Waals surface area contributed by atoms with E-state index in [4.69, 9.17) is 10.8 Å². The fraction of sp³-hybridized carbons (Fsp3) is 0.727. The molecule has 0 aromatic rings. The summed E-state index contributed by atoms with van der Waals surface area (Å²) in [7, 11) is 0. The smallest absolute Gasteiger partial charge is 0.314 e. The van der Waals surface area contributed by atoms with Crippen LogP contribution in [0.15, 0.2) is 0 Å². The second-order valence-corrected chi connectivity index (χ2v) is 4.13. The lowest BCUT2D eigenvalue weighted by atomic mass is 10.1. The van der Waals surface area contributed by atoms with Gasteiger partial charge in [0.15, 0.2) is 0 Å². The van der Waals surface area contributed by atoms with Crippen LogP contribution in [0.5, 0.6) is 0 Å². The molecule has 0 aliphatic carbocycles. The molecule has 0 aromatic heterocycles. The molecule has 0 radical (unpaired) electrons. The molecule has 0 bridgehead atoms. The van der Waals surface area contributed by atoms with E-state index in [1.165, 1.54) is 0 Å². The number of carbonyl (C=O) groups excluding carboxylic acids is 2. The summed E-state index contributed by atoms with van der Waals surface area (Å²) in [5, 5.41) is 13.8. The minimum absolute atomic E-state index is 0.319. The van der Waals surface area contributed by atoms with Gasteiger partial charge in [0.2, 0.25) is 5.91 Å². The number of aliphatic carboxylic acids is 1. The number of hydrogen-bond acceptors (Lipinski definition) is 3. The summed E-state index contributed by atoms with van der Waals surface area (Å²) in [5.41, 5.74) is 4.97. The summed E-state index contributed by atoms with van der Waals surface area (Å²) >= 11 is 0. The Kier molecular flexibility index (Phi) is 8.34. The van der Waals surface area contributed by atoms with Gasteiger partial charge < -0.3 is 21.5 Å². The molecule has 0 aliphatic heterocycles. The van der Waals surface area contributed by atoms with E-state index in [9.17, 15) is 14.4 Å². The molecule has 3 amide bonds. The van der Waals surface area contributed by atoms with Crippen LogP contribution in [0.3, 0.4) is 0 Å². The van der Waals surface area contributed by atoms with Gasteiger partial charge >= 0.3 is 12.0 Å². The standard InChI is InChI=1S/C11H21N3O4/c1-8(10(16)17)5-7-14-11(18)13-6-3-2-4-9(12)15/h8H,2-7H2,1H3,(H2,12,15)(H,16,17)(H2,13,14,18). The van der Waals surface area contributed by atoms with Crippen LogP contribution in [0.1, 0.15) is 32.6 Å². The van der Waals surface area contributed by atoms with E-state index >= 15 is 0 Å². The molecule has 0 saturated carbocycles. The highest BCUT2D eigenvalue weighted by atomic mass is 16.4. The highest BCUT2D eigenvalue weighted by Crippen LogP contribution is 1.99. The minimum atomic E-state index is -0.872. The van der Waals surface area contributed by atoms with E-state index in [2.05, 4.69) is 10.6 Å². The molecule has 0 spiro atoms. The van der Waals surface area contributed by atoms with Crippen molar-refractivity contribution in [3.8, 4) is 0 Å². The number of carboxylic acid groups (broad SMARTS) is 1. The Morgan fingerprint density at radius 2 is 1.78 bits per heavy atom. The molecule has 1 unspecified atom stereocenters. The highest BCUT2D eigenvalue weighted by Gasteiger charge is 2.10. The first-order valence-corrected chi connectivity index (χ1v) is 5.96. The Bertz CT molecular complexity index is 294. The van der Waals surface area contributed by atoms with Crippen LogP contribution in [0.25, 0.3) is 0 Å². The first-order chi connectivity index (χ1) is 8.43. The number of primary amides is 1. The number of carbonyl (C=O) groups is 3. The van der Waals surface area contributed by atoms with Crippen molar-refractivity contribution >= 4 is 17.9 Å². The Hall–Kier alpha value is -1.79. The number of carboxylic acids is 1. The molecular weight excluding hydrogens is 238 g/mol. The van der Waals surface area contributed by atoms with E-state index in [0.29, 0.717) is 38.8 Å². The number of unbranched alkanes of at least 4 members (excludes halogenated alkanes) is 1. The molecular formula is C11H21N3O4. The van der Waals surface area contributed by atoms with Crippen LogP contribution in [-0.4, -0.2) is 36.1 Å². The van der Waals surface area contributed by atoms with Crippen molar-refractivity contribution in [2.24, 2.45) is 11.7 Å². The third-order valence-corrected chi connectivity index (χ3v) is 2.42. The van der Waals surface area contributed by atoms with Crippen molar-refractivity contribution in [3.05, 3.63) is 0 Å². The number of hydrogen-bond donors (Lipinski definition) is 4. The first kappa shape index (κ1) is 16.2. The van der Waals surface area contributed by atoms with Gasteiger partial charge in [0.05, 0.1) is 5.92 Å². The largest absolute Gasteiger partial charge is 0.481 e. The van der Waals surface area contributed by atoms with E-state index in [1.807, 2.05) is 0 Å². The van der Waals surface area contributed by atoms with Gasteiger partial charge in [-0.3, -0.25) is 9.59 Å². The van der Waals surface area contributed by atoms with Gasteiger partial charge in [-0.05, 0) is 19.3 Å². The summed E-state index contributed by atoms with van der Waals surface area (Å²) in [5.74, 6) is -1.69. The quantitative estimate of drug-likeness (QED) is 0.437. The van der Waals surface area contributed by atoms with E-state index in [0.717, 1.165) is 0 Å². The van der Waals surface area contributed by atoms with Crippen molar-refractivity contribution in [1.82, 2.24) is 10.6 Å². The van der Waals surface area contributed by atoms with Crippen LogP contribution < -0.4 is 16.4 Å². The SMILES string of the molecule is CC(CCNC(=O)NCCCCC(N)=O)C(=O)O. The topological polar surface area (TPSA) is 122 Å². The average Bonchev–Trinajstić information content (AvgIpc) is 2.27. The predicted molar refractivity (Wildman–Crippen MR) is 65.9 cm³/mol. The summed E-state index contributed by atoms with van der Waals surface area (Å²) in [6, 6.07) is -0.327. The second-order valence-electron chi connectivity index (χ2n) is 4.13. The predicted octanol–water partition coefficient (Wildman–Crippen LogP) is 0.0520. The molecule has 0 aromatic carbocycles. The number of nitrogens with two attached hydrogens (primary N) is 1. The van der Waals surface area contributed by atoms with Crippen LogP contribution in [0, 0.1) is 5.92 Å². The van der Waals surface area contributed by atoms with Gasteiger partial charge in [-0.25, -0.2) is 4.79 Å². The fourth-order valence-corrected chi connectivity index (χ4v) is 1.21. The van der Waals surface area contributed by atoms with E-state index < -0.39 is 11.9 Å². The number of nitrogens with one attached hydrogen (secondary N) is 2. The molecule has 7 heteroatoms. The summed E-state index contributed by atoms with van der Waals surface area (Å²) < 4.78 is 0. The number of amides is 3. The molecule has 0 rings (SSSR count). The lowest BCUT2D eigenvalue weighted by Gasteiger charge is -2.09. The first-order valence-electron chi connectivity index (χ1n) is 5.96. The Morgan fingerprint density at radius 3 is 2.33 bits per heavy atom. The molecule has 7 nitrogen and oxygen atoms in total. The highest BCUT2D eigenvalue weighted by molar-refractivity contribution is 5.74. The minimum Gasteiger partial charge on any atom is -0.481 e. The summed E-state index contributed by atoms with van der Waals surface area (Å²) in [6.45, 7) is 2.37. The van der Waals surface area contributed by atoms with Crippen molar-refractivity contribution in [3.63, 3.8) is 0 Å². The molecule has 18 heavy (non-hydrogen) atoms. The van der Waals surface area contributed by atoms with Crippen molar-refractivity contribution < 1.29 is 19.5 Å². The van der Waals surface area contributed by atoms with Crippen LogP contribution in [0.4, 0.5) is 4.79 Å². The zero-order valence-electron chi connectivity index (χ0n) is 10.6. The van der Waals surface area contributed by atoms with Crippen LogP contribution >= 0.6 is 0 Å². The third-order valence-electron chi connectivity index (χ3n) is 2.42. The number of rotatable bonds is 9. The Labute approximate surface area is 106 Å². The zero-order valence-corrected chi connectivity index (χ0v) is 10.6. The average molecular weight is 259 g/mol. The number of urea groups is 1. The molecule has 0 fully saturated rings. The lowest BCUT2D eigenvalue weighted by Crippen LogP contribution is -2.37. The fourth-order valence-electron chi connectivity index (χ4n) is 1.21. The van der Waals surface area contributed by atoms with Crippen molar-refractivity contribution in [2.75, 3.05) is 13.1 Å². The molecule has 0 saturated heterocycles. The molecule has 1 atom stereocenters. The third kappa shape index (κ3) is 9.44. The van der Waals surface area contributed by atoms with Crippen molar-refractivity contribution in [2.45, 2.75) is 32.6 Å². The van der Waals surface area contributed by atoms with Gasteiger partial charge in [0.1, 0.15) is 0 Å². The van der Waals surface area contributed by atoms with Gasteiger partial charge in [-0.1, -0.05) is 6.92 Å². The van der Waals surface area contributed by atoms with E-state index in [1.54, 1.807) is 6.92 Å². The van der Waals surface area contributed by atoms with Gasteiger partial charge in [0.25, 0.3) is 0 Å². The lowest BCUT2D eigenvalue weighted by molar-refractivity contribution is -0.141. The zero-order chi connectivity index (χ0) is 14.0.